The molecule has 0 saturated carbocycles. The first-order chi connectivity index (χ1) is 9.68. The highest BCUT2D eigenvalue weighted by Gasteiger charge is 2.47. The summed E-state index contributed by atoms with van der Waals surface area (Å²) in [6, 6.07) is 8.68. The van der Waals surface area contributed by atoms with Gasteiger partial charge in [0.05, 0.1) is 6.20 Å². The smallest absolute Gasteiger partial charge is 0.191 e. The van der Waals surface area contributed by atoms with Crippen molar-refractivity contribution in [2.24, 2.45) is 0 Å². The lowest BCUT2D eigenvalue weighted by Crippen LogP contribution is -2.33. The number of benzene rings is 1. The maximum Gasteiger partial charge on any atom is 0.191 e. The topological polar surface area (TPSA) is 19.4 Å². The number of aromatic nitrogens is 1. The number of thiazole rings is 1. The van der Waals surface area contributed by atoms with E-state index in [9.17, 15) is 0 Å². The van der Waals surface area contributed by atoms with E-state index in [1.54, 1.807) is 17.5 Å². The second-order valence-electron chi connectivity index (χ2n) is 5.42. The molecule has 2 aliphatic rings. The second-order valence-corrected chi connectivity index (χ2v) is 8.07. The summed E-state index contributed by atoms with van der Waals surface area (Å²) >= 11 is 11.2. The van der Waals surface area contributed by atoms with Gasteiger partial charge in [-0.15, -0.1) is 0 Å². The molecule has 1 spiro atoms. The monoisotopic (exact) mass is 369 g/mol. The molecule has 2 aromatic rings. The van der Waals surface area contributed by atoms with Crippen molar-refractivity contribution in [3.8, 4) is 0 Å². The highest BCUT2D eigenvalue weighted by Crippen LogP contribution is 2.50. The molecule has 20 heavy (non-hydrogen) atoms. The van der Waals surface area contributed by atoms with Crippen LogP contribution < -0.4 is 4.90 Å². The molecule has 0 N–H and O–H groups in total. The van der Waals surface area contributed by atoms with Gasteiger partial charge in [0.2, 0.25) is 0 Å². The number of halogens is 2. The first-order valence-corrected chi connectivity index (χ1v) is 8.47. The molecule has 1 fully saturated rings. The van der Waals surface area contributed by atoms with Gasteiger partial charge in [0.15, 0.2) is 5.13 Å². The molecule has 1 atom stereocenters. The lowest BCUT2D eigenvalue weighted by Gasteiger charge is -2.24. The lowest BCUT2D eigenvalue weighted by atomic mass is 9.82. The Morgan fingerprint density at radius 2 is 2.15 bits per heavy atom. The molecule has 0 aliphatic carbocycles. The summed E-state index contributed by atoms with van der Waals surface area (Å²) in [5.41, 5.74) is 2.92. The average molecular weight is 371 g/mol. The van der Waals surface area contributed by atoms with Gasteiger partial charge in [0, 0.05) is 46.9 Å². The fraction of sp³-hybridized carbons (Fsp3) is 0.357. The number of para-hydroxylation sites is 1. The third-order valence-electron chi connectivity index (χ3n) is 4.23. The molecule has 1 aromatic heterocycles. The maximum atomic E-state index is 6.05. The summed E-state index contributed by atoms with van der Waals surface area (Å²) < 4.78 is 2.98. The predicted octanol–water partition coefficient (Wildman–Crippen LogP) is 4.20. The van der Waals surface area contributed by atoms with Crippen molar-refractivity contribution in [2.75, 3.05) is 24.5 Å². The molecule has 1 unspecified atom stereocenters. The third-order valence-corrected chi connectivity index (χ3v) is 5.97. The quantitative estimate of drug-likeness (QED) is 0.701. The van der Waals surface area contributed by atoms with Gasteiger partial charge < -0.3 is 4.90 Å². The van der Waals surface area contributed by atoms with Crippen LogP contribution in [-0.4, -0.2) is 28.5 Å². The number of nitrogens with zero attached hydrogens (tertiary/aromatic N) is 3. The van der Waals surface area contributed by atoms with Crippen molar-refractivity contribution in [2.45, 2.75) is 11.8 Å². The average Bonchev–Trinajstić information content (AvgIpc) is 3.11. The molecule has 0 radical (unpaired) electrons. The zero-order valence-corrected chi connectivity index (χ0v) is 13.9. The van der Waals surface area contributed by atoms with E-state index >= 15 is 0 Å². The number of rotatable bonds is 1. The van der Waals surface area contributed by atoms with Crippen LogP contribution in [0.15, 0.2) is 30.5 Å². The third kappa shape index (κ3) is 1.91. The molecule has 3 nitrogen and oxygen atoms in total. The highest BCUT2D eigenvalue weighted by atomic mass is 79.9. The van der Waals surface area contributed by atoms with Gasteiger partial charge in [-0.3, -0.25) is 0 Å². The summed E-state index contributed by atoms with van der Waals surface area (Å²) in [6.45, 7) is 3.11. The molecular weight excluding hydrogens is 358 g/mol. The largest absolute Gasteiger partial charge is 0.317 e. The van der Waals surface area contributed by atoms with Crippen LogP contribution in [0.25, 0.3) is 0 Å². The maximum absolute atomic E-state index is 6.05. The van der Waals surface area contributed by atoms with Crippen LogP contribution in [0.1, 0.15) is 12.0 Å². The minimum Gasteiger partial charge on any atom is -0.317 e. The van der Waals surface area contributed by atoms with Gasteiger partial charge in [0.1, 0.15) is 4.34 Å². The van der Waals surface area contributed by atoms with E-state index in [2.05, 4.69) is 54.2 Å². The van der Waals surface area contributed by atoms with Crippen molar-refractivity contribution in [1.82, 2.24) is 8.91 Å². The van der Waals surface area contributed by atoms with E-state index in [-0.39, 0.29) is 5.41 Å². The number of hydrogen-bond donors (Lipinski definition) is 0. The van der Waals surface area contributed by atoms with Gasteiger partial charge in [-0.05, 0) is 18.1 Å². The van der Waals surface area contributed by atoms with Gasteiger partial charge in [-0.1, -0.05) is 41.1 Å². The lowest BCUT2D eigenvalue weighted by molar-refractivity contribution is 0.478. The second kappa shape index (κ2) is 4.70. The molecule has 6 heteroatoms. The first kappa shape index (κ1) is 13.1. The van der Waals surface area contributed by atoms with Gasteiger partial charge in [-0.2, -0.15) is 0 Å². The Morgan fingerprint density at radius 1 is 1.30 bits per heavy atom. The molecule has 0 bridgehead atoms. The first-order valence-electron chi connectivity index (χ1n) is 6.57. The van der Waals surface area contributed by atoms with Crippen LogP contribution in [0.3, 0.4) is 0 Å². The van der Waals surface area contributed by atoms with Crippen molar-refractivity contribution >= 4 is 49.9 Å². The van der Waals surface area contributed by atoms with Crippen molar-refractivity contribution in [3.63, 3.8) is 0 Å². The van der Waals surface area contributed by atoms with Crippen LogP contribution in [-0.2, 0) is 5.41 Å². The molecule has 0 amide bonds. The van der Waals surface area contributed by atoms with Crippen LogP contribution in [0.4, 0.5) is 10.8 Å². The van der Waals surface area contributed by atoms with Gasteiger partial charge in [-0.25, -0.2) is 8.91 Å². The summed E-state index contributed by atoms with van der Waals surface area (Å²) in [4.78, 5) is 6.77. The van der Waals surface area contributed by atoms with E-state index in [1.165, 1.54) is 17.7 Å². The van der Waals surface area contributed by atoms with E-state index in [4.69, 9.17) is 11.6 Å². The molecule has 3 heterocycles. The number of hydrogen-bond acceptors (Lipinski definition) is 4. The van der Waals surface area contributed by atoms with Crippen LogP contribution in [0, 0.1) is 0 Å². The Hall–Kier alpha value is -0.620. The van der Waals surface area contributed by atoms with E-state index in [0.29, 0.717) is 0 Å². The fourth-order valence-electron chi connectivity index (χ4n) is 3.34. The summed E-state index contributed by atoms with van der Waals surface area (Å²) in [6.07, 6.45) is 2.91. The standard InChI is InChI=1S/C14H13BrClN3S/c15-18-6-5-14(8-18)9-19(13-17-7-12(16)20-13)11-4-2-1-3-10(11)14/h1-4,7H,5-6,8-9H2. The minimum atomic E-state index is 0.207. The molecule has 2 aliphatic heterocycles. The normalized spacial score (nSPS) is 25.6. The minimum absolute atomic E-state index is 0.207. The highest BCUT2D eigenvalue weighted by molar-refractivity contribution is 9.07. The van der Waals surface area contributed by atoms with Crippen LogP contribution in [0.5, 0.6) is 0 Å². The summed E-state index contributed by atoms with van der Waals surface area (Å²) in [5.74, 6) is 0. The van der Waals surface area contributed by atoms with Crippen molar-refractivity contribution in [3.05, 3.63) is 40.4 Å². The van der Waals surface area contributed by atoms with Crippen molar-refractivity contribution in [1.29, 1.82) is 0 Å². The Bertz CT molecular complexity index is 661. The van der Waals surface area contributed by atoms with Gasteiger partial charge >= 0.3 is 0 Å². The summed E-state index contributed by atoms with van der Waals surface area (Å²) in [5, 5.41) is 0.993. The molecule has 1 saturated heterocycles. The van der Waals surface area contributed by atoms with Crippen LogP contribution in [0.2, 0.25) is 4.34 Å². The SMILES string of the molecule is Clc1cnc(N2CC3(CCN(Br)C3)c3ccccc32)s1. The van der Waals surface area contributed by atoms with Crippen LogP contribution >= 0.6 is 39.1 Å². The Labute approximate surface area is 135 Å². The number of anilines is 2. The zero-order valence-electron chi connectivity index (χ0n) is 10.7. The van der Waals surface area contributed by atoms with Gasteiger partial charge in [0.25, 0.3) is 0 Å². The number of fused-ring (bicyclic) bond motifs is 2. The Kier molecular flexibility index (Phi) is 3.07. The van der Waals surface area contributed by atoms with E-state index in [0.717, 1.165) is 29.1 Å². The zero-order chi connectivity index (χ0) is 13.7. The fourth-order valence-corrected chi connectivity index (χ4v) is 4.91. The Balaban J connectivity index is 1.81. The summed E-state index contributed by atoms with van der Waals surface area (Å²) in [7, 11) is 0. The molecular formula is C14H13BrClN3S. The molecule has 4 rings (SSSR count). The molecule has 104 valence electrons. The van der Waals surface area contributed by atoms with E-state index in [1.807, 2.05) is 0 Å². The van der Waals surface area contributed by atoms with E-state index < -0.39 is 0 Å². The predicted molar refractivity (Wildman–Crippen MR) is 87.4 cm³/mol. The molecule has 1 aromatic carbocycles. The Morgan fingerprint density at radius 3 is 2.85 bits per heavy atom. The van der Waals surface area contributed by atoms with Crippen molar-refractivity contribution < 1.29 is 0 Å².